The van der Waals surface area contributed by atoms with Crippen LogP contribution in [0.3, 0.4) is 0 Å². The molecule has 0 unspecified atom stereocenters. The van der Waals surface area contributed by atoms with Gasteiger partial charge in [-0.2, -0.15) is 0 Å². The number of piperidine rings is 1. The Labute approximate surface area is 199 Å². The van der Waals surface area contributed by atoms with E-state index in [-0.39, 0.29) is 47.8 Å². The van der Waals surface area contributed by atoms with E-state index in [1.54, 1.807) is 23.1 Å². The monoisotopic (exact) mass is 472 g/mol. The zero-order chi connectivity index (χ0) is 24.2. The lowest BCUT2D eigenvalue weighted by Gasteiger charge is -2.39. The Morgan fingerprint density at radius 3 is 2.47 bits per heavy atom. The number of likely N-dealkylation sites (tertiary alicyclic amines) is 1. The topological polar surface area (TPSA) is 79.1 Å². The van der Waals surface area contributed by atoms with Crippen LogP contribution in [0.15, 0.2) is 34.9 Å². The molecule has 2 atom stereocenters. The summed E-state index contributed by atoms with van der Waals surface area (Å²) < 4.78 is 24.8. The fourth-order valence-corrected chi connectivity index (χ4v) is 4.46. The first-order valence-electron chi connectivity index (χ1n) is 11.9. The highest BCUT2D eigenvalue weighted by atomic mass is 19.1. The standard InChI is InChI=1S/C25H33FN4O4/c1-17(2)21-15-23(34-27-21)25(32)30-9-8-22(33-20-6-4-19(26)5-7-20)18(16-30)14-24(31)29-12-10-28(3)11-13-29/h4-7,15,17-18,22H,8-14,16H2,1-3H3/t18-,22-/m0/s1. The van der Waals surface area contributed by atoms with Crippen LogP contribution < -0.4 is 4.74 Å². The van der Waals surface area contributed by atoms with E-state index in [0.29, 0.717) is 38.3 Å². The van der Waals surface area contributed by atoms with Crippen LogP contribution in [0.4, 0.5) is 4.39 Å². The van der Waals surface area contributed by atoms with Gasteiger partial charge in [0.2, 0.25) is 11.7 Å². The van der Waals surface area contributed by atoms with Gasteiger partial charge in [0.25, 0.3) is 5.91 Å². The maximum Gasteiger partial charge on any atom is 0.292 e. The highest BCUT2D eigenvalue weighted by Crippen LogP contribution is 2.28. The second-order valence-electron chi connectivity index (χ2n) is 9.57. The number of hydrogen-bond donors (Lipinski definition) is 0. The first-order chi connectivity index (χ1) is 16.3. The SMILES string of the molecule is CC(C)c1cc(C(=O)N2CC[C@H](Oc3ccc(F)cc3)[C@@H](CC(=O)N3CCN(C)CC3)C2)on1. The molecule has 34 heavy (non-hydrogen) atoms. The average molecular weight is 473 g/mol. The molecule has 1 aromatic heterocycles. The number of carbonyl (C=O) groups excluding carboxylic acids is 2. The van der Waals surface area contributed by atoms with Crippen molar-refractivity contribution in [2.24, 2.45) is 5.92 Å². The largest absolute Gasteiger partial charge is 0.490 e. The molecule has 0 aliphatic carbocycles. The summed E-state index contributed by atoms with van der Waals surface area (Å²) in [5.74, 6) is 0.253. The molecular formula is C25H33FN4O4. The Hall–Kier alpha value is -2.94. The number of carbonyl (C=O) groups is 2. The number of halogens is 1. The van der Waals surface area contributed by atoms with E-state index in [9.17, 15) is 14.0 Å². The molecule has 0 N–H and O–H groups in total. The van der Waals surface area contributed by atoms with E-state index in [0.717, 1.165) is 18.8 Å². The first kappa shape index (κ1) is 24.2. The van der Waals surface area contributed by atoms with Crippen LogP contribution >= 0.6 is 0 Å². The summed E-state index contributed by atoms with van der Waals surface area (Å²) in [4.78, 5) is 32.0. The van der Waals surface area contributed by atoms with E-state index in [1.165, 1.54) is 12.1 Å². The van der Waals surface area contributed by atoms with Crippen molar-refractivity contribution >= 4 is 11.8 Å². The lowest BCUT2D eigenvalue weighted by atomic mass is 9.90. The molecule has 2 amide bonds. The molecule has 0 saturated carbocycles. The molecular weight excluding hydrogens is 439 g/mol. The van der Waals surface area contributed by atoms with Gasteiger partial charge in [0.1, 0.15) is 17.7 Å². The number of rotatable bonds is 6. The third-order valence-electron chi connectivity index (χ3n) is 6.68. The van der Waals surface area contributed by atoms with Gasteiger partial charge in [-0.05, 0) is 37.2 Å². The van der Waals surface area contributed by atoms with E-state index >= 15 is 0 Å². The molecule has 0 bridgehead atoms. The Balaban J connectivity index is 1.47. The summed E-state index contributed by atoms with van der Waals surface area (Å²) in [7, 11) is 2.05. The van der Waals surface area contributed by atoms with Gasteiger partial charge < -0.3 is 24.0 Å². The van der Waals surface area contributed by atoms with E-state index in [4.69, 9.17) is 9.26 Å². The van der Waals surface area contributed by atoms with Crippen LogP contribution in [-0.2, 0) is 4.79 Å². The van der Waals surface area contributed by atoms with E-state index < -0.39 is 0 Å². The Morgan fingerprint density at radius 1 is 1.12 bits per heavy atom. The predicted octanol–water partition coefficient (Wildman–Crippen LogP) is 3.01. The molecule has 9 heteroatoms. The normalized spacial score (nSPS) is 21.7. The van der Waals surface area contributed by atoms with Crippen LogP contribution in [0.5, 0.6) is 5.75 Å². The van der Waals surface area contributed by atoms with Crippen molar-refractivity contribution in [3.8, 4) is 5.75 Å². The summed E-state index contributed by atoms with van der Waals surface area (Å²) in [6.45, 7) is 7.92. The van der Waals surface area contributed by atoms with Gasteiger partial charge in [-0.25, -0.2) is 4.39 Å². The predicted molar refractivity (Wildman–Crippen MR) is 124 cm³/mol. The van der Waals surface area contributed by atoms with Gasteiger partial charge >= 0.3 is 0 Å². The molecule has 0 radical (unpaired) electrons. The Bertz CT molecular complexity index is 985. The summed E-state index contributed by atoms with van der Waals surface area (Å²) in [6, 6.07) is 7.59. The molecule has 2 saturated heterocycles. The summed E-state index contributed by atoms with van der Waals surface area (Å²) in [6.07, 6.45) is 0.592. The molecule has 2 aliphatic heterocycles. The minimum Gasteiger partial charge on any atom is -0.490 e. The van der Waals surface area contributed by atoms with Crippen molar-refractivity contribution in [1.82, 2.24) is 19.9 Å². The second-order valence-corrected chi connectivity index (χ2v) is 9.57. The van der Waals surface area contributed by atoms with E-state index in [2.05, 4.69) is 10.1 Å². The fraction of sp³-hybridized carbons (Fsp3) is 0.560. The fourth-order valence-electron chi connectivity index (χ4n) is 4.46. The maximum atomic E-state index is 13.3. The number of amides is 2. The van der Waals surface area contributed by atoms with Crippen molar-refractivity contribution in [3.05, 3.63) is 47.6 Å². The highest BCUT2D eigenvalue weighted by molar-refractivity contribution is 5.91. The minimum absolute atomic E-state index is 0.0712. The zero-order valence-corrected chi connectivity index (χ0v) is 20.1. The molecule has 4 rings (SSSR count). The van der Waals surface area contributed by atoms with Crippen LogP contribution in [-0.4, -0.2) is 84.1 Å². The average Bonchev–Trinajstić information content (AvgIpc) is 3.32. The summed E-state index contributed by atoms with van der Waals surface area (Å²) in [5, 5.41) is 4.00. The molecule has 2 aliphatic rings. The maximum absolute atomic E-state index is 13.3. The number of hydrogen-bond acceptors (Lipinski definition) is 6. The van der Waals surface area contributed by atoms with E-state index in [1.807, 2.05) is 25.8 Å². The minimum atomic E-state index is -0.331. The number of benzene rings is 1. The van der Waals surface area contributed by atoms with Crippen LogP contribution in [0.2, 0.25) is 0 Å². The number of likely N-dealkylation sites (N-methyl/N-ethyl adjacent to an activating group) is 1. The smallest absolute Gasteiger partial charge is 0.292 e. The number of aromatic nitrogens is 1. The Morgan fingerprint density at radius 2 is 1.82 bits per heavy atom. The highest BCUT2D eigenvalue weighted by Gasteiger charge is 2.37. The number of piperazine rings is 1. The van der Waals surface area contributed by atoms with Crippen molar-refractivity contribution in [2.45, 2.75) is 38.7 Å². The van der Waals surface area contributed by atoms with Gasteiger partial charge in [0.05, 0.1) is 5.69 Å². The van der Waals surface area contributed by atoms with Crippen LogP contribution in [0.1, 0.15) is 48.9 Å². The molecule has 8 nitrogen and oxygen atoms in total. The Kier molecular flexibility index (Phi) is 7.50. The molecule has 1 aromatic carbocycles. The summed E-state index contributed by atoms with van der Waals surface area (Å²) >= 11 is 0. The lowest BCUT2D eigenvalue weighted by Crippen LogP contribution is -2.51. The van der Waals surface area contributed by atoms with Gasteiger partial charge in [0.15, 0.2) is 0 Å². The van der Waals surface area contributed by atoms with Gasteiger partial charge in [-0.1, -0.05) is 19.0 Å². The number of ether oxygens (including phenoxy) is 1. The molecule has 2 fully saturated rings. The van der Waals surface area contributed by atoms with Crippen LogP contribution in [0, 0.1) is 11.7 Å². The quantitative estimate of drug-likeness (QED) is 0.643. The van der Waals surface area contributed by atoms with Crippen molar-refractivity contribution in [2.75, 3.05) is 46.3 Å². The van der Waals surface area contributed by atoms with Crippen molar-refractivity contribution in [1.29, 1.82) is 0 Å². The van der Waals surface area contributed by atoms with Crippen molar-refractivity contribution < 1.29 is 23.2 Å². The van der Waals surface area contributed by atoms with Gasteiger partial charge in [0, 0.05) is 64.1 Å². The van der Waals surface area contributed by atoms with Gasteiger partial charge in [-0.3, -0.25) is 9.59 Å². The molecule has 2 aromatic rings. The zero-order valence-electron chi connectivity index (χ0n) is 20.1. The first-order valence-corrected chi connectivity index (χ1v) is 11.9. The second kappa shape index (κ2) is 10.5. The molecule has 3 heterocycles. The third-order valence-corrected chi connectivity index (χ3v) is 6.68. The third kappa shape index (κ3) is 5.75. The lowest BCUT2D eigenvalue weighted by molar-refractivity contribution is -0.135. The van der Waals surface area contributed by atoms with Crippen LogP contribution in [0.25, 0.3) is 0 Å². The summed E-state index contributed by atoms with van der Waals surface area (Å²) in [5.41, 5.74) is 0.736. The van der Waals surface area contributed by atoms with Crippen molar-refractivity contribution in [3.63, 3.8) is 0 Å². The number of nitrogens with zero attached hydrogens (tertiary/aromatic N) is 4. The molecule has 0 spiro atoms. The molecule has 184 valence electrons. The van der Waals surface area contributed by atoms with Gasteiger partial charge in [-0.15, -0.1) is 0 Å².